The first-order chi connectivity index (χ1) is 10.9. The molecule has 0 heterocycles. The molecule has 4 rings (SSSR count). The second kappa shape index (κ2) is 4.84. The van der Waals surface area contributed by atoms with E-state index < -0.39 is 11.4 Å². The number of carboxylic acid groups (broad SMARTS) is 1. The van der Waals surface area contributed by atoms with Gasteiger partial charge in [0, 0.05) is 0 Å². The van der Waals surface area contributed by atoms with Crippen molar-refractivity contribution >= 4 is 5.97 Å². The van der Waals surface area contributed by atoms with Gasteiger partial charge in [-0.3, -0.25) is 4.79 Å². The molecule has 6 atom stereocenters. The van der Waals surface area contributed by atoms with Gasteiger partial charge in [-0.15, -0.1) is 0 Å². The molecular weight excluding hydrogens is 288 g/mol. The fourth-order valence-electron chi connectivity index (χ4n) is 7.68. The number of aliphatic carboxylic acids is 1. The summed E-state index contributed by atoms with van der Waals surface area (Å²) >= 11 is 0. The number of aliphatic hydroxyl groups excluding tert-OH is 1. The highest BCUT2D eigenvalue weighted by atomic mass is 16.4. The van der Waals surface area contributed by atoms with Crippen LogP contribution in [0.15, 0.2) is 12.2 Å². The molecule has 0 aliphatic heterocycles. The van der Waals surface area contributed by atoms with Gasteiger partial charge in [-0.1, -0.05) is 25.5 Å². The summed E-state index contributed by atoms with van der Waals surface area (Å²) in [5, 5.41) is 20.0. The van der Waals surface area contributed by atoms with Gasteiger partial charge in [-0.25, -0.2) is 0 Å². The fraction of sp³-hybridized carbons (Fsp3) is 0.850. The number of allylic oxidation sites excluding steroid dienone is 1. The van der Waals surface area contributed by atoms with E-state index in [1.807, 2.05) is 0 Å². The van der Waals surface area contributed by atoms with Crippen molar-refractivity contribution in [3.8, 4) is 0 Å². The minimum atomic E-state index is -0.902. The van der Waals surface area contributed by atoms with E-state index in [9.17, 15) is 15.0 Å². The highest BCUT2D eigenvalue weighted by Gasteiger charge is 2.66. The van der Waals surface area contributed by atoms with Crippen LogP contribution in [0.2, 0.25) is 0 Å². The first kappa shape index (κ1) is 15.7. The standard InChI is InChI=1S/C20H30O3/c1-13-10-19-9-6-16-18(2,15(19)5-4-14(13)11-19)7-3-8-20(16,12-21)17(22)23/h14-16,21H,1,3-12H2,2H3,(H,22,23)/t14?,15-,16-,18-,19?,20-/m0/s1. The number of aliphatic hydroxyl groups is 1. The fourth-order valence-corrected chi connectivity index (χ4v) is 7.68. The first-order valence-electron chi connectivity index (χ1n) is 9.40. The number of hydrogen-bond acceptors (Lipinski definition) is 2. The molecule has 3 nitrogen and oxygen atoms in total. The monoisotopic (exact) mass is 318 g/mol. The molecule has 4 aliphatic carbocycles. The molecular formula is C20H30O3. The van der Waals surface area contributed by atoms with Gasteiger partial charge in [0.25, 0.3) is 0 Å². The van der Waals surface area contributed by atoms with Gasteiger partial charge in [0.2, 0.25) is 0 Å². The smallest absolute Gasteiger partial charge is 0.312 e. The Morgan fingerprint density at radius 1 is 1.22 bits per heavy atom. The maximum absolute atomic E-state index is 12.1. The van der Waals surface area contributed by atoms with E-state index in [0.717, 1.165) is 31.6 Å². The van der Waals surface area contributed by atoms with Crippen LogP contribution in [0.25, 0.3) is 0 Å². The predicted octanol–water partition coefficient (Wildman–Crippen LogP) is 4.01. The SMILES string of the molecule is C=C1CC23CC[C@@H]4[C@](CO)(C(=O)O)CCC[C@@]4(C)[C@@H]2CCC1C3. The highest BCUT2D eigenvalue weighted by molar-refractivity contribution is 5.75. The van der Waals surface area contributed by atoms with Gasteiger partial charge in [0.15, 0.2) is 0 Å². The van der Waals surface area contributed by atoms with E-state index in [4.69, 9.17) is 0 Å². The van der Waals surface area contributed by atoms with Crippen LogP contribution in [0.3, 0.4) is 0 Å². The molecule has 0 aromatic heterocycles. The van der Waals surface area contributed by atoms with Crippen LogP contribution in [0.4, 0.5) is 0 Å². The van der Waals surface area contributed by atoms with Crippen LogP contribution < -0.4 is 0 Å². The molecule has 23 heavy (non-hydrogen) atoms. The molecule has 0 saturated heterocycles. The zero-order chi connectivity index (χ0) is 16.5. The van der Waals surface area contributed by atoms with Gasteiger partial charge in [0.1, 0.15) is 0 Å². The Hall–Kier alpha value is -0.830. The van der Waals surface area contributed by atoms with E-state index in [-0.39, 0.29) is 17.9 Å². The van der Waals surface area contributed by atoms with Crippen LogP contribution in [0.1, 0.15) is 64.7 Å². The lowest BCUT2D eigenvalue weighted by molar-refractivity contribution is -0.191. The molecule has 2 unspecified atom stereocenters. The molecule has 4 fully saturated rings. The van der Waals surface area contributed by atoms with Gasteiger partial charge in [0.05, 0.1) is 12.0 Å². The van der Waals surface area contributed by atoms with E-state index >= 15 is 0 Å². The van der Waals surface area contributed by atoms with Gasteiger partial charge in [-0.2, -0.15) is 0 Å². The van der Waals surface area contributed by atoms with Crippen molar-refractivity contribution in [3.05, 3.63) is 12.2 Å². The lowest BCUT2D eigenvalue weighted by Crippen LogP contribution is -2.60. The molecule has 1 spiro atoms. The zero-order valence-corrected chi connectivity index (χ0v) is 14.3. The molecule has 128 valence electrons. The zero-order valence-electron chi connectivity index (χ0n) is 14.3. The molecule has 0 aromatic rings. The van der Waals surface area contributed by atoms with Gasteiger partial charge < -0.3 is 10.2 Å². The quantitative estimate of drug-likeness (QED) is 0.756. The van der Waals surface area contributed by atoms with Crippen LogP contribution in [0, 0.1) is 34.0 Å². The average Bonchev–Trinajstić information content (AvgIpc) is 2.75. The number of carbonyl (C=O) groups is 1. The topological polar surface area (TPSA) is 57.5 Å². The van der Waals surface area contributed by atoms with Gasteiger partial charge in [-0.05, 0) is 80.0 Å². The van der Waals surface area contributed by atoms with E-state index in [2.05, 4.69) is 13.5 Å². The third-order valence-electron chi connectivity index (χ3n) is 8.59. The summed E-state index contributed by atoms with van der Waals surface area (Å²) in [6, 6.07) is 0. The van der Waals surface area contributed by atoms with Crippen molar-refractivity contribution in [1.29, 1.82) is 0 Å². The van der Waals surface area contributed by atoms with Crippen molar-refractivity contribution in [2.24, 2.45) is 34.0 Å². The summed E-state index contributed by atoms with van der Waals surface area (Å²) in [5.74, 6) is 0.704. The maximum Gasteiger partial charge on any atom is 0.312 e. The molecule has 0 aromatic carbocycles. The molecule has 2 N–H and O–H groups in total. The summed E-state index contributed by atoms with van der Waals surface area (Å²) < 4.78 is 0. The minimum absolute atomic E-state index is 0.0766. The molecule has 3 heteroatoms. The predicted molar refractivity (Wildman–Crippen MR) is 88.9 cm³/mol. The Bertz CT molecular complexity index is 555. The second-order valence-corrected chi connectivity index (χ2v) is 9.30. The van der Waals surface area contributed by atoms with Crippen molar-refractivity contribution in [2.45, 2.75) is 64.7 Å². The summed E-state index contributed by atoms with van der Waals surface area (Å²) in [6.45, 7) is 6.51. The third-order valence-corrected chi connectivity index (χ3v) is 8.59. The molecule has 4 saturated carbocycles. The van der Waals surface area contributed by atoms with Crippen molar-refractivity contribution in [1.82, 2.24) is 0 Å². The first-order valence-corrected chi connectivity index (χ1v) is 9.40. The Morgan fingerprint density at radius 2 is 2.00 bits per heavy atom. The Labute approximate surface area is 139 Å². The maximum atomic E-state index is 12.1. The third kappa shape index (κ3) is 1.83. The largest absolute Gasteiger partial charge is 0.481 e. The van der Waals surface area contributed by atoms with Crippen LogP contribution in [0.5, 0.6) is 0 Å². The van der Waals surface area contributed by atoms with Crippen LogP contribution >= 0.6 is 0 Å². The summed E-state index contributed by atoms with van der Waals surface area (Å²) in [4.78, 5) is 12.1. The lowest BCUT2D eigenvalue weighted by atomic mass is 9.41. The molecule has 0 amide bonds. The van der Waals surface area contributed by atoms with Gasteiger partial charge >= 0.3 is 5.97 Å². The number of carboxylic acids is 1. The van der Waals surface area contributed by atoms with Crippen molar-refractivity contribution in [3.63, 3.8) is 0 Å². The number of rotatable bonds is 2. The Kier molecular flexibility index (Phi) is 3.30. The summed E-state index contributed by atoms with van der Waals surface area (Å²) in [7, 11) is 0. The van der Waals surface area contributed by atoms with Crippen LogP contribution in [-0.2, 0) is 4.79 Å². The summed E-state index contributed by atoms with van der Waals surface area (Å²) in [6.07, 6.45) is 9.77. The molecule has 2 bridgehead atoms. The van der Waals surface area contributed by atoms with E-state index in [1.165, 1.54) is 31.3 Å². The molecule has 0 radical (unpaired) electrons. The number of fused-ring (bicyclic) bond motifs is 3. The minimum Gasteiger partial charge on any atom is -0.481 e. The average molecular weight is 318 g/mol. The van der Waals surface area contributed by atoms with E-state index in [1.54, 1.807) is 0 Å². The summed E-state index contributed by atoms with van der Waals surface area (Å²) in [5.41, 5.74) is 1.02. The Balaban J connectivity index is 1.76. The van der Waals surface area contributed by atoms with Crippen molar-refractivity contribution < 1.29 is 15.0 Å². The van der Waals surface area contributed by atoms with Crippen molar-refractivity contribution in [2.75, 3.05) is 6.61 Å². The molecule has 4 aliphatic rings. The second-order valence-electron chi connectivity index (χ2n) is 9.30. The van der Waals surface area contributed by atoms with Crippen LogP contribution in [-0.4, -0.2) is 22.8 Å². The number of hydrogen-bond donors (Lipinski definition) is 2. The Morgan fingerprint density at radius 3 is 2.70 bits per heavy atom. The highest BCUT2D eigenvalue weighted by Crippen LogP contribution is 2.72. The lowest BCUT2D eigenvalue weighted by Gasteiger charge is -2.63. The normalized spacial score (nSPS) is 51.9. The van der Waals surface area contributed by atoms with E-state index in [0.29, 0.717) is 17.8 Å².